The average Bonchev–Trinajstić information content (AvgIpc) is 2.97. The molecule has 0 fully saturated rings. The number of nitrogens with two attached hydrogens (primary N) is 1. The quantitative estimate of drug-likeness (QED) is 0.517. The van der Waals surface area contributed by atoms with Crippen LogP contribution in [0.1, 0.15) is 35.3 Å². The highest BCUT2D eigenvalue weighted by Gasteiger charge is 2.26. The summed E-state index contributed by atoms with van der Waals surface area (Å²) >= 11 is 0. The summed E-state index contributed by atoms with van der Waals surface area (Å²) in [5.74, 6) is 0.0343. The van der Waals surface area contributed by atoms with Crippen LogP contribution in [0.4, 0.5) is 5.82 Å². The van der Waals surface area contributed by atoms with Crippen LogP contribution in [-0.4, -0.2) is 27.1 Å². The van der Waals surface area contributed by atoms with Crippen molar-refractivity contribution >= 4 is 34.0 Å². The predicted octanol–water partition coefficient (Wildman–Crippen LogP) is 4.59. The first kappa shape index (κ1) is 18.9. The van der Waals surface area contributed by atoms with E-state index >= 15 is 0 Å². The van der Waals surface area contributed by atoms with Crippen molar-refractivity contribution in [3.8, 4) is 5.69 Å². The molecule has 0 saturated heterocycles. The van der Waals surface area contributed by atoms with Crippen LogP contribution in [0, 0.1) is 19.8 Å². The van der Waals surface area contributed by atoms with Gasteiger partial charge in [0.2, 0.25) is 0 Å². The van der Waals surface area contributed by atoms with Gasteiger partial charge in [-0.2, -0.15) is 0 Å². The van der Waals surface area contributed by atoms with Gasteiger partial charge in [-0.15, -0.1) is 0 Å². The molecule has 0 saturated carbocycles. The third-order valence-electron chi connectivity index (χ3n) is 4.86. The maximum Gasteiger partial charge on any atom is 0.344 e. The summed E-state index contributed by atoms with van der Waals surface area (Å²) in [5, 5.41) is 0. The van der Waals surface area contributed by atoms with E-state index in [2.05, 4.69) is 0 Å². The average molecular weight is 388 g/mol. The fourth-order valence-electron chi connectivity index (χ4n) is 3.38. The monoisotopic (exact) mass is 388 g/mol. The minimum atomic E-state index is -0.477. The number of rotatable bonds is 4. The molecule has 0 unspecified atom stereocenters. The Labute approximate surface area is 169 Å². The molecule has 2 aromatic heterocycles. The number of carbonyl (C=O) groups is 1. The molecule has 0 aliphatic heterocycles. The van der Waals surface area contributed by atoms with Crippen LogP contribution >= 0.6 is 0 Å². The smallest absolute Gasteiger partial charge is 0.344 e. The lowest BCUT2D eigenvalue weighted by molar-refractivity contribution is 0.0462. The van der Waals surface area contributed by atoms with Gasteiger partial charge >= 0.3 is 5.97 Å². The number of hydrogen-bond acceptors (Lipinski definition) is 5. The lowest BCUT2D eigenvalue weighted by atomic mass is 10.1. The lowest BCUT2D eigenvalue weighted by Gasteiger charge is -2.12. The molecule has 4 aromatic rings. The van der Waals surface area contributed by atoms with E-state index in [0.717, 1.165) is 22.3 Å². The summed E-state index contributed by atoms with van der Waals surface area (Å²) in [7, 11) is 0. The number of ether oxygens (including phenoxy) is 1. The summed E-state index contributed by atoms with van der Waals surface area (Å²) in [5.41, 5.74) is 12.2. The van der Waals surface area contributed by atoms with Gasteiger partial charge in [0.25, 0.3) is 0 Å². The van der Waals surface area contributed by atoms with Gasteiger partial charge in [0.15, 0.2) is 5.65 Å². The van der Waals surface area contributed by atoms with Crippen molar-refractivity contribution in [1.82, 2.24) is 14.5 Å². The van der Waals surface area contributed by atoms with Crippen LogP contribution in [-0.2, 0) is 4.74 Å². The molecule has 6 nitrogen and oxygen atoms in total. The van der Waals surface area contributed by atoms with Crippen LogP contribution in [0.3, 0.4) is 0 Å². The van der Waals surface area contributed by atoms with E-state index in [-0.39, 0.29) is 17.3 Å². The zero-order valence-corrected chi connectivity index (χ0v) is 17.1. The Bertz CT molecular complexity index is 1240. The zero-order valence-electron chi connectivity index (χ0n) is 17.1. The van der Waals surface area contributed by atoms with E-state index in [0.29, 0.717) is 23.3 Å². The number of nitrogen functional groups attached to an aromatic ring is 1. The maximum atomic E-state index is 12.9. The molecule has 0 bridgehead atoms. The zero-order chi connectivity index (χ0) is 20.7. The topological polar surface area (TPSA) is 83.0 Å². The normalized spacial score (nSPS) is 11.5. The molecule has 0 aliphatic rings. The Balaban J connectivity index is 2.04. The van der Waals surface area contributed by atoms with Crippen molar-refractivity contribution in [1.29, 1.82) is 0 Å². The largest absolute Gasteiger partial charge is 0.462 e. The van der Waals surface area contributed by atoms with Gasteiger partial charge in [-0.3, -0.25) is 4.57 Å². The summed E-state index contributed by atoms with van der Waals surface area (Å²) in [6, 6.07) is 13.7. The van der Waals surface area contributed by atoms with Crippen molar-refractivity contribution < 1.29 is 9.53 Å². The number of hydrogen-bond donors (Lipinski definition) is 1. The number of aromatic nitrogens is 3. The highest BCUT2D eigenvalue weighted by molar-refractivity contribution is 6.09. The Kier molecular flexibility index (Phi) is 4.70. The second kappa shape index (κ2) is 7.20. The molecule has 2 N–H and O–H groups in total. The number of esters is 1. The van der Waals surface area contributed by atoms with Crippen LogP contribution in [0.15, 0.2) is 42.5 Å². The summed E-state index contributed by atoms with van der Waals surface area (Å²) in [6.07, 6.45) is 0. The van der Waals surface area contributed by atoms with Crippen LogP contribution in [0.25, 0.3) is 27.9 Å². The van der Waals surface area contributed by atoms with Gasteiger partial charge in [0.1, 0.15) is 16.9 Å². The molecule has 148 valence electrons. The highest BCUT2D eigenvalue weighted by Crippen LogP contribution is 2.33. The molecule has 0 atom stereocenters. The number of para-hydroxylation sites is 2. The van der Waals surface area contributed by atoms with Crippen molar-refractivity contribution in [2.45, 2.75) is 27.7 Å². The fourth-order valence-corrected chi connectivity index (χ4v) is 3.38. The Morgan fingerprint density at radius 1 is 1.10 bits per heavy atom. The van der Waals surface area contributed by atoms with Gasteiger partial charge < -0.3 is 10.5 Å². The first-order chi connectivity index (χ1) is 13.9. The van der Waals surface area contributed by atoms with Crippen LogP contribution in [0.2, 0.25) is 0 Å². The van der Waals surface area contributed by atoms with Crippen LogP contribution < -0.4 is 5.73 Å². The third kappa shape index (κ3) is 3.31. The SMILES string of the molecule is Cc1ccc(C)c(-n2c(N)c(C(=O)OCC(C)C)c3nc4ccccc4nc32)c1. The van der Waals surface area contributed by atoms with Crippen molar-refractivity contribution in [3.05, 3.63) is 59.2 Å². The molecule has 2 aromatic carbocycles. The van der Waals surface area contributed by atoms with Crippen molar-refractivity contribution in [2.75, 3.05) is 12.3 Å². The second-order valence-electron chi connectivity index (χ2n) is 7.76. The van der Waals surface area contributed by atoms with Gasteiger partial charge in [0, 0.05) is 0 Å². The summed E-state index contributed by atoms with van der Waals surface area (Å²) in [6.45, 7) is 8.32. The first-order valence-electron chi connectivity index (χ1n) is 9.68. The second-order valence-corrected chi connectivity index (χ2v) is 7.76. The Hall–Kier alpha value is -3.41. The fraction of sp³-hybridized carbons (Fsp3) is 0.261. The highest BCUT2D eigenvalue weighted by atomic mass is 16.5. The Morgan fingerprint density at radius 2 is 1.79 bits per heavy atom. The Morgan fingerprint density at radius 3 is 2.48 bits per heavy atom. The molecule has 0 aliphatic carbocycles. The van der Waals surface area contributed by atoms with Gasteiger partial charge in [0.05, 0.1) is 23.3 Å². The molecular weight excluding hydrogens is 364 g/mol. The van der Waals surface area contributed by atoms with Gasteiger partial charge in [-0.25, -0.2) is 14.8 Å². The molecule has 4 rings (SSSR count). The molecule has 6 heteroatoms. The minimum absolute atomic E-state index is 0.222. The molecule has 2 heterocycles. The van der Waals surface area contributed by atoms with E-state index in [1.165, 1.54) is 0 Å². The van der Waals surface area contributed by atoms with E-state index in [4.69, 9.17) is 20.4 Å². The van der Waals surface area contributed by atoms with Gasteiger partial charge in [-0.05, 0) is 49.1 Å². The van der Waals surface area contributed by atoms with Crippen molar-refractivity contribution in [2.24, 2.45) is 5.92 Å². The molecule has 0 radical (unpaired) electrons. The number of carbonyl (C=O) groups excluding carboxylic acids is 1. The number of fused-ring (bicyclic) bond motifs is 2. The summed E-state index contributed by atoms with van der Waals surface area (Å²) in [4.78, 5) is 22.5. The number of benzene rings is 2. The van der Waals surface area contributed by atoms with E-state index in [1.54, 1.807) is 0 Å². The minimum Gasteiger partial charge on any atom is -0.462 e. The standard InChI is InChI=1S/C23H24N4O2/c1-13(2)12-29-23(28)19-20-22(26-17-8-6-5-7-16(17)25-20)27(21(19)24)18-11-14(3)9-10-15(18)4/h5-11,13H,12,24H2,1-4H3. The van der Waals surface area contributed by atoms with E-state index < -0.39 is 5.97 Å². The predicted molar refractivity (Wildman–Crippen MR) is 115 cm³/mol. The lowest BCUT2D eigenvalue weighted by Crippen LogP contribution is -2.12. The third-order valence-corrected chi connectivity index (χ3v) is 4.86. The van der Waals surface area contributed by atoms with Crippen molar-refractivity contribution in [3.63, 3.8) is 0 Å². The van der Waals surface area contributed by atoms with E-state index in [9.17, 15) is 4.79 Å². The number of nitrogens with zero attached hydrogens (tertiary/aromatic N) is 3. The summed E-state index contributed by atoms with van der Waals surface area (Å²) < 4.78 is 7.30. The first-order valence-corrected chi connectivity index (χ1v) is 9.68. The molecule has 29 heavy (non-hydrogen) atoms. The number of anilines is 1. The van der Waals surface area contributed by atoms with E-state index in [1.807, 2.05) is 74.7 Å². The molecular formula is C23H24N4O2. The molecule has 0 spiro atoms. The van der Waals surface area contributed by atoms with Crippen LogP contribution in [0.5, 0.6) is 0 Å². The maximum absolute atomic E-state index is 12.9. The molecule has 0 amide bonds. The van der Waals surface area contributed by atoms with Gasteiger partial charge in [-0.1, -0.05) is 38.1 Å². The number of aryl methyl sites for hydroxylation is 2.